The Morgan fingerprint density at radius 2 is 1.85 bits per heavy atom. The summed E-state index contributed by atoms with van der Waals surface area (Å²) in [4.78, 5) is 30.8. The molecule has 1 N–H and O–H groups in total. The summed E-state index contributed by atoms with van der Waals surface area (Å²) in [6.07, 6.45) is 3.52. The monoisotopic (exact) mass is 463 g/mol. The molecule has 4 heterocycles. The predicted octanol–water partition coefficient (Wildman–Crippen LogP) is 4.65. The molecular weight excluding hydrogens is 440 g/mol. The number of likely N-dealkylation sites (tertiary alicyclic amines) is 1. The molecule has 1 aliphatic heterocycles. The van der Waals surface area contributed by atoms with Crippen molar-refractivity contribution in [3.8, 4) is 11.3 Å². The number of pyridine rings is 1. The number of benzene rings is 1. The van der Waals surface area contributed by atoms with Crippen molar-refractivity contribution in [1.29, 1.82) is 0 Å². The van der Waals surface area contributed by atoms with E-state index < -0.39 is 11.6 Å². The van der Waals surface area contributed by atoms with Gasteiger partial charge in [0.15, 0.2) is 11.6 Å². The highest BCUT2D eigenvalue weighted by Gasteiger charge is 2.22. The quantitative estimate of drug-likeness (QED) is 0.464. The van der Waals surface area contributed by atoms with E-state index in [1.54, 1.807) is 23.1 Å². The first-order valence-corrected chi connectivity index (χ1v) is 11.0. The van der Waals surface area contributed by atoms with Crippen LogP contribution in [0.5, 0.6) is 0 Å². The first-order chi connectivity index (χ1) is 16.3. The van der Waals surface area contributed by atoms with Crippen molar-refractivity contribution in [2.45, 2.75) is 33.2 Å². The van der Waals surface area contributed by atoms with Crippen molar-refractivity contribution in [2.75, 3.05) is 18.4 Å². The van der Waals surface area contributed by atoms with Crippen molar-refractivity contribution < 1.29 is 13.6 Å². The molecule has 0 saturated carbocycles. The van der Waals surface area contributed by atoms with Crippen LogP contribution in [0.3, 0.4) is 0 Å². The van der Waals surface area contributed by atoms with Gasteiger partial charge in [0.1, 0.15) is 22.9 Å². The summed E-state index contributed by atoms with van der Waals surface area (Å²) >= 11 is 0. The fourth-order valence-corrected chi connectivity index (χ4v) is 4.10. The highest BCUT2D eigenvalue weighted by Crippen LogP contribution is 2.30. The van der Waals surface area contributed by atoms with Gasteiger partial charge in [0.25, 0.3) is 5.91 Å². The lowest BCUT2D eigenvalue weighted by Crippen LogP contribution is -2.42. The highest BCUT2D eigenvalue weighted by atomic mass is 19.1. The molecule has 0 bridgehead atoms. The number of carbonyl (C=O) groups is 1. The molecule has 10 heteroatoms. The number of halogens is 2. The first kappa shape index (κ1) is 21.9. The Labute approximate surface area is 194 Å². The number of carbonyl (C=O) groups excluding carboxylic acids is 1. The van der Waals surface area contributed by atoms with Crippen LogP contribution in [-0.2, 0) is 0 Å². The fraction of sp³-hybridized carbons (Fsp3) is 0.292. The number of nitrogens with one attached hydrogen (secondary N) is 1. The Kier molecular flexibility index (Phi) is 5.43. The maximum atomic E-state index is 14.9. The molecule has 4 aromatic rings. The van der Waals surface area contributed by atoms with Crippen LogP contribution >= 0.6 is 0 Å². The van der Waals surface area contributed by atoms with Crippen LogP contribution in [0.1, 0.15) is 42.5 Å². The average Bonchev–Trinajstić information content (AvgIpc) is 3.11. The van der Waals surface area contributed by atoms with E-state index in [1.807, 2.05) is 25.3 Å². The minimum atomic E-state index is -0.680. The van der Waals surface area contributed by atoms with Crippen LogP contribution in [-0.4, -0.2) is 48.4 Å². The number of amides is 1. The van der Waals surface area contributed by atoms with E-state index in [0.717, 1.165) is 25.7 Å². The largest absolute Gasteiger partial charge is 0.338 e. The summed E-state index contributed by atoms with van der Waals surface area (Å²) in [5, 5.41) is 2.91. The number of hydrogen-bond donors (Lipinski definition) is 1. The van der Waals surface area contributed by atoms with E-state index in [9.17, 15) is 13.6 Å². The van der Waals surface area contributed by atoms with Crippen molar-refractivity contribution in [2.24, 2.45) is 0 Å². The number of fused-ring (bicyclic) bond motifs is 1. The molecule has 174 valence electrons. The van der Waals surface area contributed by atoms with Crippen molar-refractivity contribution >= 4 is 28.7 Å². The molecule has 0 spiro atoms. The molecule has 1 aliphatic rings. The van der Waals surface area contributed by atoms with Gasteiger partial charge in [-0.25, -0.2) is 28.7 Å². The number of anilines is 2. The average molecular weight is 463 g/mol. The van der Waals surface area contributed by atoms with Crippen molar-refractivity contribution in [3.63, 3.8) is 0 Å². The van der Waals surface area contributed by atoms with Crippen LogP contribution in [0, 0.1) is 18.6 Å². The van der Waals surface area contributed by atoms with Gasteiger partial charge in [-0.1, -0.05) is 0 Å². The Hall–Kier alpha value is -3.95. The number of rotatable bonds is 5. The van der Waals surface area contributed by atoms with Gasteiger partial charge < -0.3 is 14.8 Å². The third kappa shape index (κ3) is 3.85. The normalized spacial score (nSPS) is 13.4. The molecule has 1 saturated heterocycles. The summed E-state index contributed by atoms with van der Waals surface area (Å²) in [5.74, 6) is -0.119. The standard InChI is InChI=1S/C24H23F2N7O/c1-13(2)33-14(3)29-22-17(25)9-16(10-19(22)33)21-18(26)12-28-24(31-21)30-20-6-5-15(11-27-20)23(34)32-7-4-8-32/h5-6,9-13H,4,7-8H2,1-3H3,(H,27,28,30,31). The zero-order chi connectivity index (χ0) is 24.0. The molecule has 0 aliphatic carbocycles. The van der Waals surface area contributed by atoms with E-state index in [2.05, 4.69) is 25.3 Å². The van der Waals surface area contributed by atoms with E-state index in [1.165, 1.54) is 12.3 Å². The smallest absolute Gasteiger partial charge is 0.255 e. The second kappa shape index (κ2) is 8.44. The van der Waals surface area contributed by atoms with E-state index in [-0.39, 0.29) is 34.7 Å². The molecule has 0 atom stereocenters. The maximum Gasteiger partial charge on any atom is 0.255 e. The minimum Gasteiger partial charge on any atom is -0.338 e. The van der Waals surface area contributed by atoms with Gasteiger partial charge in [0.2, 0.25) is 5.95 Å². The zero-order valence-corrected chi connectivity index (χ0v) is 19.0. The lowest BCUT2D eigenvalue weighted by Gasteiger charge is -2.30. The SMILES string of the molecule is Cc1nc2c(F)cc(-c3nc(Nc4ccc(C(=O)N5CCC5)cn4)ncc3F)cc2n1C(C)C. The molecule has 1 aromatic carbocycles. The molecule has 34 heavy (non-hydrogen) atoms. The minimum absolute atomic E-state index is 0.0444. The molecule has 1 amide bonds. The summed E-state index contributed by atoms with van der Waals surface area (Å²) in [5.41, 5.74) is 1.53. The molecular formula is C24H23F2N7O. The zero-order valence-electron chi connectivity index (χ0n) is 19.0. The highest BCUT2D eigenvalue weighted by molar-refractivity contribution is 5.94. The topological polar surface area (TPSA) is 88.8 Å². The van der Waals surface area contributed by atoms with E-state index in [0.29, 0.717) is 22.7 Å². The van der Waals surface area contributed by atoms with Gasteiger partial charge in [-0.05, 0) is 51.5 Å². The Morgan fingerprint density at radius 1 is 1.06 bits per heavy atom. The molecule has 3 aromatic heterocycles. The van der Waals surface area contributed by atoms with Crippen LogP contribution in [0.2, 0.25) is 0 Å². The number of imidazole rings is 1. The van der Waals surface area contributed by atoms with Crippen molar-refractivity contribution in [3.05, 3.63) is 59.7 Å². The van der Waals surface area contributed by atoms with Crippen LogP contribution in [0.15, 0.2) is 36.7 Å². The summed E-state index contributed by atoms with van der Waals surface area (Å²) in [6, 6.07) is 6.26. The molecule has 0 radical (unpaired) electrons. The van der Waals surface area contributed by atoms with Crippen LogP contribution in [0.4, 0.5) is 20.5 Å². The maximum absolute atomic E-state index is 14.9. The van der Waals surface area contributed by atoms with Crippen LogP contribution < -0.4 is 5.32 Å². The Morgan fingerprint density at radius 3 is 2.50 bits per heavy atom. The predicted molar refractivity (Wildman–Crippen MR) is 124 cm³/mol. The van der Waals surface area contributed by atoms with Crippen molar-refractivity contribution in [1.82, 2.24) is 29.4 Å². The second-order valence-corrected chi connectivity index (χ2v) is 8.54. The number of hydrogen-bond acceptors (Lipinski definition) is 6. The number of aryl methyl sites for hydroxylation is 1. The Bertz CT molecular complexity index is 1390. The molecule has 1 fully saturated rings. The van der Waals surface area contributed by atoms with Gasteiger partial charge in [0, 0.05) is 30.9 Å². The van der Waals surface area contributed by atoms with E-state index >= 15 is 0 Å². The molecule has 5 rings (SSSR count). The fourth-order valence-electron chi connectivity index (χ4n) is 4.10. The van der Waals surface area contributed by atoms with Gasteiger partial charge in [-0.15, -0.1) is 0 Å². The lowest BCUT2D eigenvalue weighted by atomic mass is 10.1. The summed E-state index contributed by atoms with van der Waals surface area (Å²) < 4.78 is 31.4. The molecule has 0 unspecified atom stereocenters. The summed E-state index contributed by atoms with van der Waals surface area (Å²) in [6.45, 7) is 7.27. The van der Waals surface area contributed by atoms with Gasteiger partial charge in [0.05, 0.1) is 17.3 Å². The van der Waals surface area contributed by atoms with E-state index in [4.69, 9.17) is 0 Å². The van der Waals surface area contributed by atoms with Gasteiger partial charge >= 0.3 is 0 Å². The lowest BCUT2D eigenvalue weighted by molar-refractivity contribution is 0.0651. The first-order valence-electron chi connectivity index (χ1n) is 11.0. The van der Waals surface area contributed by atoms with Gasteiger partial charge in [-0.2, -0.15) is 0 Å². The number of nitrogens with zero attached hydrogens (tertiary/aromatic N) is 6. The summed E-state index contributed by atoms with van der Waals surface area (Å²) in [7, 11) is 0. The Balaban J connectivity index is 1.46. The second-order valence-electron chi connectivity index (χ2n) is 8.54. The van der Waals surface area contributed by atoms with Crippen LogP contribution in [0.25, 0.3) is 22.3 Å². The van der Waals surface area contributed by atoms with Gasteiger partial charge in [-0.3, -0.25) is 4.79 Å². The number of aromatic nitrogens is 5. The molecule has 8 nitrogen and oxygen atoms in total. The third-order valence-electron chi connectivity index (χ3n) is 5.85. The third-order valence-corrected chi connectivity index (χ3v) is 5.85.